The zero-order valence-corrected chi connectivity index (χ0v) is 14.6. The van der Waals surface area contributed by atoms with Gasteiger partial charge in [0, 0.05) is 19.5 Å². The van der Waals surface area contributed by atoms with Crippen molar-refractivity contribution in [2.45, 2.75) is 26.3 Å². The molecule has 0 unspecified atom stereocenters. The van der Waals surface area contributed by atoms with Gasteiger partial charge in [-0.05, 0) is 30.7 Å². The fourth-order valence-electron chi connectivity index (χ4n) is 3.10. The predicted molar refractivity (Wildman–Crippen MR) is 99.2 cm³/mol. The maximum atomic E-state index is 12.2. The molecule has 0 aliphatic heterocycles. The molecule has 0 saturated heterocycles. The summed E-state index contributed by atoms with van der Waals surface area (Å²) >= 11 is 0. The summed E-state index contributed by atoms with van der Waals surface area (Å²) in [5, 5.41) is 12.0. The second-order valence-electron chi connectivity index (χ2n) is 6.00. The van der Waals surface area contributed by atoms with Crippen molar-refractivity contribution in [2.24, 2.45) is 0 Å². The van der Waals surface area contributed by atoms with Gasteiger partial charge in [0.25, 0.3) is 0 Å². The average molecular weight is 351 g/mol. The number of rotatable bonds is 7. The van der Waals surface area contributed by atoms with Crippen molar-refractivity contribution in [1.82, 2.24) is 14.9 Å². The molecule has 134 valence electrons. The first-order chi connectivity index (χ1) is 12.6. The summed E-state index contributed by atoms with van der Waals surface area (Å²) < 4.78 is 2.14. The van der Waals surface area contributed by atoms with Gasteiger partial charge in [0.1, 0.15) is 5.82 Å². The predicted octanol–water partition coefficient (Wildman–Crippen LogP) is 2.66. The molecule has 1 aromatic heterocycles. The SMILES string of the molecule is CCn1c(CCNC(=O)Cc2ccccc2C(=O)O)nc2ccccc21. The number of carbonyl (C=O) groups is 2. The number of carboxylic acid groups (broad SMARTS) is 1. The quantitative estimate of drug-likeness (QED) is 0.685. The monoisotopic (exact) mass is 351 g/mol. The highest BCUT2D eigenvalue weighted by Gasteiger charge is 2.13. The van der Waals surface area contributed by atoms with E-state index in [1.807, 2.05) is 24.3 Å². The van der Waals surface area contributed by atoms with Crippen molar-refractivity contribution in [3.05, 3.63) is 65.5 Å². The standard InChI is InChI=1S/C20H21N3O3/c1-2-23-17-10-6-5-9-16(17)22-18(23)11-12-21-19(24)13-14-7-3-4-8-15(14)20(25)26/h3-10H,2,11-13H2,1H3,(H,21,24)(H,25,26). The number of para-hydroxylation sites is 2. The molecule has 0 aliphatic carbocycles. The van der Waals surface area contributed by atoms with E-state index in [0.717, 1.165) is 23.4 Å². The molecule has 6 nitrogen and oxygen atoms in total. The lowest BCUT2D eigenvalue weighted by Crippen LogP contribution is -2.28. The Morgan fingerprint density at radius 3 is 2.62 bits per heavy atom. The number of carbonyl (C=O) groups excluding carboxylic acids is 1. The summed E-state index contributed by atoms with van der Waals surface area (Å²) in [5.74, 6) is -0.289. The third-order valence-electron chi connectivity index (χ3n) is 4.32. The number of amides is 1. The first-order valence-electron chi connectivity index (χ1n) is 8.62. The second-order valence-corrected chi connectivity index (χ2v) is 6.00. The van der Waals surface area contributed by atoms with Gasteiger partial charge in [-0.1, -0.05) is 30.3 Å². The Balaban J connectivity index is 1.62. The molecule has 0 spiro atoms. The highest BCUT2D eigenvalue weighted by molar-refractivity contribution is 5.91. The molecular weight excluding hydrogens is 330 g/mol. The van der Waals surface area contributed by atoms with Gasteiger partial charge in [-0.2, -0.15) is 0 Å². The summed E-state index contributed by atoms with van der Waals surface area (Å²) in [7, 11) is 0. The molecule has 0 fully saturated rings. The number of nitrogens with zero attached hydrogens (tertiary/aromatic N) is 2. The third-order valence-corrected chi connectivity index (χ3v) is 4.32. The van der Waals surface area contributed by atoms with E-state index in [0.29, 0.717) is 18.5 Å². The Morgan fingerprint density at radius 2 is 1.85 bits per heavy atom. The summed E-state index contributed by atoms with van der Waals surface area (Å²) in [6.07, 6.45) is 0.668. The molecule has 0 radical (unpaired) electrons. The van der Waals surface area contributed by atoms with Gasteiger partial charge in [0.05, 0.1) is 23.0 Å². The summed E-state index contributed by atoms with van der Waals surface area (Å²) in [6, 6.07) is 14.5. The Morgan fingerprint density at radius 1 is 1.12 bits per heavy atom. The number of benzene rings is 2. The highest BCUT2D eigenvalue weighted by Crippen LogP contribution is 2.16. The van der Waals surface area contributed by atoms with Crippen molar-refractivity contribution in [3.63, 3.8) is 0 Å². The van der Waals surface area contributed by atoms with E-state index < -0.39 is 5.97 Å². The van der Waals surface area contributed by atoms with Gasteiger partial charge < -0.3 is 15.0 Å². The molecule has 6 heteroatoms. The van der Waals surface area contributed by atoms with E-state index >= 15 is 0 Å². The van der Waals surface area contributed by atoms with Crippen molar-refractivity contribution >= 4 is 22.9 Å². The summed E-state index contributed by atoms with van der Waals surface area (Å²) in [5.41, 5.74) is 2.71. The number of aryl methyl sites for hydroxylation is 1. The number of aromatic carboxylic acids is 1. The molecule has 3 rings (SSSR count). The molecule has 2 aromatic carbocycles. The first kappa shape index (κ1) is 17.7. The second kappa shape index (κ2) is 7.82. The molecule has 1 heterocycles. The van der Waals surface area contributed by atoms with Gasteiger partial charge >= 0.3 is 5.97 Å². The number of hydrogen-bond acceptors (Lipinski definition) is 3. The highest BCUT2D eigenvalue weighted by atomic mass is 16.4. The van der Waals surface area contributed by atoms with E-state index in [4.69, 9.17) is 0 Å². The van der Waals surface area contributed by atoms with Crippen LogP contribution in [0.2, 0.25) is 0 Å². The Kier molecular flexibility index (Phi) is 5.31. The Labute approximate surface area is 151 Å². The average Bonchev–Trinajstić information content (AvgIpc) is 2.99. The minimum absolute atomic E-state index is 0.0483. The fourth-order valence-corrected chi connectivity index (χ4v) is 3.10. The maximum absolute atomic E-state index is 12.2. The number of carboxylic acids is 1. The molecule has 0 bridgehead atoms. The topological polar surface area (TPSA) is 84.2 Å². The van der Waals surface area contributed by atoms with Crippen LogP contribution in [0.1, 0.15) is 28.7 Å². The zero-order chi connectivity index (χ0) is 18.5. The van der Waals surface area contributed by atoms with Crippen molar-refractivity contribution in [1.29, 1.82) is 0 Å². The van der Waals surface area contributed by atoms with Gasteiger partial charge in [-0.15, -0.1) is 0 Å². The van der Waals surface area contributed by atoms with Crippen LogP contribution in [0.3, 0.4) is 0 Å². The van der Waals surface area contributed by atoms with Gasteiger partial charge in [-0.3, -0.25) is 4.79 Å². The number of nitrogens with one attached hydrogen (secondary N) is 1. The Bertz CT molecular complexity index is 946. The van der Waals surface area contributed by atoms with E-state index in [9.17, 15) is 14.7 Å². The van der Waals surface area contributed by atoms with Crippen molar-refractivity contribution in [2.75, 3.05) is 6.54 Å². The van der Waals surface area contributed by atoms with Crippen LogP contribution in [-0.4, -0.2) is 33.1 Å². The molecule has 3 aromatic rings. The van der Waals surface area contributed by atoms with Crippen LogP contribution >= 0.6 is 0 Å². The number of hydrogen-bond donors (Lipinski definition) is 2. The van der Waals surface area contributed by atoms with E-state index in [1.165, 1.54) is 6.07 Å². The molecular formula is C20H21N3O3. The van der Waals surface area contributed by atoms with Gasteiger partial charge in [0.2, 0.25) is 5.91 Å². The lowest BCUT2D eigenvalue weighted by atomic mass is 10.0. The molecule has 0 aliphatic rings. The molecule has 0 saturated carbocycles. The van der Waals surface area contributed by atoms with Crippen molar-refractivity contribution in [3.8, 4) is 0 Å². The Hall–Kier alpha value is -3.15. The normalized spacial score (nSPS) is 10.8. The third kappa shape index (κ3) is 3.74. The fraction of sp³-hybridized carbons (Fsp3) is 0.250. The van der Waals surface area contributed by atoms with Crippen LogP contribution in [0.25, 0.3) is 11.0 Å². The van der Waals surface area contributed by atoms with Gasteiger partial charge in [0.15, 0.2) is 0 Å². The van der Waals surface area contributed by atoms with E-state index in [-0.39, 0.29) is 17.9 Å². The minimum Gasteiger partial charge on any atom is -0.478 e. The molecule has 2 N–H and O–H groups in total. The number of imidazole rings is 1. The smallest absolute Gasteiger partial charge is 0.335 e. The van der Waals surface area contributed by atoms with Crippen LogP contribution in [0.4, 0.5) is 0 Å². The first-order valence-corrected chi connectivity index (χ1v) is 8.62. The van der Waals surface area contributed by atoms with Crippen molar-refractivity contribution < 1.29 is 14.7 Å². The molecule has 0 atom stereocenters. The zero-order valence-electron chi connectivity index (χ0n) is 14.6. The number of fused-ring (bicyclic) bond motifs is 1. The van der Waals surface area contributed by atoms with Crippen LogP contribution in [0.15, 0.2) is 48.5 Å². The van der Waals surface area contributed by atoms with Crippen LogP contribution < -0.4 is 5.32 Å². The largest absolute Gasteiger partial charge is 0.478 e. The molecule has 26 heavy (non-hydrogen) atoms. The minimum atomic E-state index is -1.02. The maximum Gasteiger partial charge on any atom is 0.335 e. The summed E-state index contributed by atoms with van der Waals surface area (Å²) in [6.45, 7) is 3.34. The number of aromatic nitrogens is 2. The molecule has 1 amide bonds. The summed E-state index contributed by atoms with van der Waals surface area (Å²) in [4.78, 5) is 28.0. The van der Waals surface area contributed by atoms with E-state index in [2.05, 4.69) is 21.8 Å². The van der Waals surface area contributed by atoms with Crippen LogP contribution in [0, 0.1) is 0 Å². The van der Waals surface area contributed by atoms with Crippen LogP contribution in [-0.2, 0) is 24.2 Å². The lowest BCUT2D eigenvalue weighted by molar-refractivity contribution is -0.120. The van der Waals surface area contributed by atoms with Gasteiger partial charge in [-0.25, -0.2) is 9.78 Å². The lowest BCUT2D eigenvalue weighted by Gasteiger charge is -2.09. The van der Waals surface area contributed by atoms with E-state index in [1.54, 1.807) is 18.2 Å². The van der Waals surface area contributed by atoms with Crippen LogP contribution in [0.5, 0.6) is 0 Å².